The molecule has 0 bridgehead atoms. The van der Waals surface area contributed by atoms with Gasteiger partial charge in [0, 0.05) is 31.0 Å². The van der Waals surface area contributed by atoms with Crippen LogP contribution in [0.4, 0.5) is 11.4 Å². The van der Waals surface area contributed by atoms with Crippen molar-refractivity contribution in [2.45, 2.75) is 39.5 Å². The van der Waals surface area contributed by atoms with Crippen LogP contribution in [0.25, 0.3) is 0 Å². The highest BCUT2D eigenvalue weighted by Gasteiger charge is 2.22. The third-order valence-electron chi connectivity index (χ3n) is 5.04. The van der Waals surface area contributed by atoms with E-state index in [1.807, 2.05) is 55.3 Å². The Morgan fingerprint density at radius 1 is 1.10 bits per heavy atom. The molecule has 1 amide bonds. The summed E-state index contributed by atoms with van der Waals surface area (Å²) < 4.78 is 11.3. The monoisotopic (exact) mass is 411 g/mol. The lowest BCUT2D eigenvalue weighted by atomic mass is 10.2. The van der Waals surface area contributed by atoms with E-state index in [0.29, 0.717) is 19.7 Å². The first-order chi connectivity index (χ1) is 14.4. The van der Waals surface area contributed by atoms with Crippen molar-refractivity contribution in [2.75, 3.05) is 43.5 Å². The van der Waals surface area contributed by atoms with Crippen molar-refractivity contribution in [3.8, 4) is 5.75 Å². The Morgan fingerprint density at radius 3 is 2.33 bits per heavy atom. The van der Waals surface area contributed by atoms with E-state index in [2.05, 4.69) is 36.2 Å². The summed E-state index contributed by atoms with van der Waals surface area (Å²) in [7, 11) is 1.94. The van der Waals surface area contributed by atoms with Gasteiger partial charge in [-0.3, -0.25) is 9.69 Å². The topological polar surface area (TPSA) is 54.0 Å². The SMILES string of the molecule is CCOc1ccc(CN(C)CC(=O)Nc2ccc(N3CC(C)OC(C)C3)cc2)cc1. The number of ether oxygens (including phenoxy) is 2. The minimum Gasteiger partial charge on any atom is -0.494 e. The quantitative estimate of drug-likeness (QED) is 0.717. The third-order valence-corrected chi connectivity index (χ3v) is 5.04. The molecule has 1 fully saturated rings. The number of hydrogen-bond donors (Lipinski definition) is 1. The third kappa shape index (κ3) is 6.47. The summed E-state index contributed by atoms with van der Waals surface area (Å²) in [6.45, 7) is 9.61. The molecule has 30 heavy (non-hydrogen) atoms. The van der Waals surface area contributed by atoms with E-state index >= 15 is 0 Å². The second-order valence-electron chi connectivity index (χ2n) is 8.01. The number of anilines is 2. The van der Waals surface area contributed by atoms with Crippen LogP contribution in [0.5, 0.6) is 5.75 Å². The van der Waals surface area contributed by atoms with Crippen molar-refractivity contribution in [3.05, 3.63) is 54.1 Å². The van der Waals surface area contributed by atoms with Crippen molar-refractivity contribution in [1.82, 2.24) is 4.90 Å². The number of carbonyl (C=O) groups excluding carboxylic acids is 1. The number of morpholine rings is 1. The largest absolute Gasteiger partial charge is 0.494 e. The summed E-state index contributed by atoms with van der Waals surface area (Å²) in [5.74, 6) is 0.843. The predicted octanol–water partition coefficient (Wildman–Crippen LogP) is 3.77. The fourth-order valence-electron chi connectivity index (χ4n) is 3.82. The van der Waals surface area contributed by atoms with E-state index in [4.69, 9.17) is 9.47 Å². The van der Waals surface area contributed by atoms with Gasteiger partial charge in [0.15, 0.2) is 0 Å². The summed E-state index contributed by atoms with van der Waals surface area (Å²) in [5, 5.41) is 2.99. The molecule has 0 aromatic heterocycles. The summed E-state index contributed by atoms with van der Waals surface area (Å²) in [6, 6.07) is 16.0. The summed E-state index contributed by atoms with van der Waals surface area (Å²) in [6.07, 6.45) is 0.443. The molecule has 0 spiro atoms. The Bertz CT molecular complexity index is 797. The summed E-state index contributed by atoms with van der Waals surface area (Å²) >= 11 is 0. The van der Waals surface area contributed by atoms with Crippen LogP contribution < -0.4 is 15.0 Å². The van der Waals surface area contributed by atoms with Crippen molar-refractivity contribution >= 4 is 17.3 Å². The highest BCUT2D eigenvalue weighted by Crippen LogP contribution is 2.22. The maximum Gasteiger partial charge on any atom is 0.238 e. The first-order valence-corrected chi connectivity index (χ1v) is 10.6. The average molecular weight is 412 g/mol. The molecule has 1 N–H and O–H groups in total. The van der Waals surface area contributed by atoms with E-state index in [9.17, 15) is 4.79 Å². The van der Waals surface area contributed by atoms with Crippen molar-refractivity contribution in [1.29, 1.82) is 0 Å². The van der Waals surface area contributed by atoms with E-state index in [1.165, 1.54) is 0 Å². The van der Waals surface area contributed by atoms with Gasteiger partial charge in [-0.2, -0.15) is 0 Å². The summed E-state index contributed by atoms with van der Waals surface area (Å²) in [4.78, 5) is 16.7. The predicted molar refractivity (Wildman–Crippen MR) is 121 cm³/mol. The number of carbonyl (C=O) groups is 1. The first kappa shape index (κ1) is 22.1. The van der Waals surface area contributed by atoms with Gasteiger partial charge in [-0.1, -0.05) is 12.1 Å². The molecule has 6 nitrogen and oxygen atoms in total. The second kappa shape index (κ2) is 10.5. The number of benzene rings is 2. The maximum absolute atomic E-state index is 12.4. The molecule has 0 saturated carbocycles. The first-order valence-electron chi connectivity index (χ1n) is 10.6. The van der Waals surface area contributed by atoms with E-state index in [-0.39, 0.29) is 18.1 Å². The molecule has 6 heteroatoms. The zero-order valence-electron chi connectivity index (χ0n) is 18.4. The minimum absolute atomic E-state index is 0.0233. The van der Waals surface area contributed by atoms with Gasteiger partial charge in [-0.15, -0.1) is 0 Å². The average Bonchev–Trinajstić information content (AvgIpc) is 2.69. The minimum atomic E-state index is -0.0233. The van der Waals surface area contributed by atoms with Gasteiger partial charge in [0.1, 0.15) is 5.75 Å². The smallest absolute Gasteiger partial charge is 0.238 e. The molecule has 0 aliphatic carbocycles. The molecule has 162 valence electrons. The molecular formula is C24H33N3O3. The Hall–Kier alpha value is -2.57. The number of nitrogens with zero attached hydrogens (tertiary/aromatic N) is 2. The number of rotatable bonds is 8. The van der Waals surface area contributed by atoms with Gasteiger partial charge < -0.3 is 19.7 Å². The normalized spacial score (nSPS) is 19.0. The van der Waals surface area contributed by atoms with Crippen molar-refractivity contribution < 1.29 is 14.3 Å². The van der Waals surface area contributed by atoms with Crippen molar-refractivity contribution in [3.63, 3.8) is 0 Å². The molecule has 0 radical (unpaired) electrons. The van der Waals surface area contributed by atoms with Gasteiger partial charge in [-0.25, -0.2) is 0 Å². The van der Waals surface area contributed by atoms with Crippen LogP contribution in [-0.2, 0) is 16.1 Å². The van der Waals surface area contributed by atoms with Gasteiger partial charge in [-0.05, 0) is 69.8 Å². The van der Waals surface area contributed by atoms with Crippen LogP contribution in [0.1, 0.15) is 26.3 Å². The lowest BCUT2D eigenvalue weighted by Crippen LogP contribution is -2.45. The fraction of sp³-hybridized carbons (Fsp3) is 0.458. The summed E-state index contributed by atoms with van der Waals surface area (Å²) in [5.41, 5.74) is 3.11. The Balaban J connectivity index is 1.48. The molecule has 3 rings (SSSR count). The van der Waals surface area contributed by atoms with Crippen LogP contribution >= 0.6 is 0 Å². The Labute approximate surface area is 179 Å². The van der Waals surface area contributed by atoms with Crippen LogP contribution in [0.2, 0.25) is 0 Å². The fourth-order valence-corrected chi connectivity index (χ4v) is 3.82. The van der Waals surface area contributed by atoms with Crippen LogP contribution in [-0.4, -0.2) is 56.3 Å². The van der Waals surface area contributed by atoms with Crippen molar-refractivity contribution in [2.24, 2.45) is 0 Å². The number of likely N-dealkylation sites (N-methyl/N-ethyl adjacent to an activating group) is 1. The Morgan fingerprint density at radius 2 is 1.73 bits per heavy atom. The molecular weight excluding hydrogens is 378 g/mol. The molecule has 1 saturated heterocycles. The highest BCUT2D eigenvalue weighted by molar-refractivity contribution is 5.92. The maximum atomic E-state index is 12.4. The zero-order valence-corrected chi connectivity index (χ0v) is 18.4. The number of nitrogens with one attached hydrogen (secondary N) is 1. The van der Waals surface area contributed by atoms with Crippen LogP contribution in [0.15, 0.2) is 48.5 Å². The van der Waals surface area contributed by atoms with E-state index in [0.717, 1.165) is 35.8 Å². The van der Waals surface area contributed by atoms with E-state index in [1.54, 1.807) is 0 Å². The Kier molecular flexibility index (Phi) is 7.71. The zero-order chi connectivity index (χ0) is 21.5. The molecule has 2 unspecified atom stereocenters. The molecule has 2 aromatic carbocycles. The van der Waals surface area contributed by atoms with Crippen LogP contribution in [0.3, 0.4) is 0 Å². The molecule has 1 heterocycles. The second-order valence-corrected chi connectivity index (χ2v) is 8.01. The van der Waals surface area contributed by atoms with Gasteiger partial charge in [0.2, 0.25) is 5.91 Å². The standard InChI is InChI=1S/C24H33N3O3/c1-5-29-23-12-6-20(7-13-23)16-26(4)17-24(28)25-21-8-10-22(11-9-21)27-14-18(2)30-19(3)15-27/h6-13,18-19H,5,14-17H2,1-4H3,(H,25,28). The van der Waals surface area contributed by atoms with Crippen LogP contribution in [0, 0.1) is 0 Å². The molecule has 2 aromatic rings. The van der Waals surface area contributed by atoms with Gasteiger partial charge in [0.05, 0.1) is 25.4 Å². The van der Waals surface area contributed by atoms with E-state index < -0.39 is 0 Å². The highest BCUT2D eigenvalue weighted by atomic mass is 16.5. The molecule has 1 aliphatic heterocycles. The number of hydrogen-bond acceptors (Lipinski definition) is 5. The lowest BCUT2D eigenvalue weighted by molar-refractivity contribution is -0.117. The van der Waals surface area contributed by atoms with Gasteiger partial charge in [0.25, 0.3) is 0 Å². The van der Waals surface area contributed by atoms with Gasteiger partial charge >= 0.3 is 0 Å². The number of amides is 1. The molecule has 1 aliphatic rings. The lowest BCUT2D eigenvalue weighted by Gasteiger charge is -2.36. The molecule has 2 atom stereocenters.